The zero-order chi connectivity index (χ0) is 14.6. The normalized spacial score (nSPS) is 13.1. The van der Waals surface area contributed by atoms with E-state index in [1.165, 1.54) is 6.07 Å². The van der Waals surface area contributed by atoms with Gasteiger partial charge in [0.25, 0.3) is 0 Å². The first-order valence-electron chi connectivity index (χ1n) is 5.18. The number of alkyl halides is 3. The van der Waals surface area contributed by atoms with Crippen LogP contribution in [0.4, 0.5) is 13.2 Å². The first-order chi connectivity index (χ1) is 8.75. The van der Waals surface area contributed by atoms with Crippen molar-refractivity contribution in [2.24, 2.45) is 5.73 Å². The summed E-state index contributed by atoms with van der Waals surface area (Å²) < 4.78 is 43.3. The molecule has 106 valence electrons. The SMILES string of the molecule is NC(=S)c1ccc(OCC(O)CO)c(C(F)(F)F)c1. The molecular weight excluding hydrogens is 283 g/mol. The maximum Gasteiger partial charge on any atom is 0.419 e. The van der Waals surface area contributed by atoms with Gasteiger partial charge in [0.05, 0.1) is 12.2 Å². The zero-order valence-electron chi connectivity index (χ0n) is 9.65. The van der Waals surface area contributed by atoms with Gasteiger partial charge in [-0.05, 0) is 18.2 Å². The highest BCUT2D eigenvalue weighted by atomic mass is 32.1. The molecule has 4 N–H and O–H groups in total. The molecule has 0 aliphatic rings. The number of rotatable bonds is 5. The van der Waals surface area contributed by atoms with Crippen LogP contribution in [0.25, 0.3) is 0 Å². The van der Waals surface area contributed by atoms with Crippen molar-refractivity contribution in [2.75, 3.05) is 13.2 Å². The van der Waals surface area contributed by atoms with E-state index >= 15 is 0 Å². The summed E-state index contributed by atoms with van der Waals surface area (Å²) in [7, 11) is 0. The minimum atomic E-state index is -4.64. The minimum Gasteiger partial charge on any atom is -0.490 e. The van der Waals surface area contributed by atoms with Gasteiger partial charge in [0.15, 0.2) is 0 Å². The third kappa shape index (κ3) is 4.34. The largest absolute Gasteiger partial charge is 0.490 e. The van der Waals surface area contributed by atoms with Crippen LogP contribution in [-0.4, -0.2) is 34.5 Å². The van der Waals surface area contributed by atoms with E-state index in [1.54, 1.807) is 0 Å². The second kappa shape index (κ2) is 6.18. The lowest BCUT2D eigenvalue weighted by Gasteiger charge is -2.16. The maximum atomic E-state index is 12.8. The molecule has 0 saturated heterocycles. The van der Waals surface area contributed by atoms with Gasteiger partial charge in [-0.25, -0.2) is 0 Å². The van der Waals surface area contributed by atoms with Crippen LogP contribution in [0.1, 0.15) is 11.1 Å². The Labute approximate surface area is 112 Å². The molecule has 1 aromatic carbocycles. The Morgan fingerprint density at radius 2 is 2.05 bits per heavy atom. The van der Waals surface area contributed by atoms with Gasteiger partial charge in [0, 0.05) is 5.56 Å². The third-order valence-corrected chi connectivity index (χ3v) is 2.45. The van der Waals surface area contributed by atoms with Crippen LogP contribution in [-0.2, 0) is 6.18 Å². The minimum absolute atomic E-state index is 0.0670. The van der Waals surface area contributed by atoms with Crippen LogP contribution in [0.2, 0.25) is 0 Å². The number of hydrogen-bond acceptors (Lipinski definition) is 4. The third-order valence-electron chi connectivity index (χ3n) is 2.21. The zero-order valence-corrected chi connectivity index (χ0v) is 10.5. The van der Waals surface area contributed by atoms with Crippen molar-refractivity contribution >= 4 is 17.2 Å². The van der Waals surface area contributed by atoms with E-state index in [9.17, 15) is 13.2 Å². The number of aliphatic hydroxyl groups is 2. The topological polar surface area (TPSA) is 75.7 Å². The van der Waals surface area contributed by atoms with Crippen molar-refractivity contribution < 1.29 is 28.1 Å². The lowest BCUT2D eigenvalue weighted by atomic mass is 10.1. The van der Waals surface area contributed by atoms with Crippen LogP contribution in [0.15, 0.2) is 18.2 Å². The van der Waals surface area contributed by atoms with Crippen molar-refractivity contribution in [3.8, 4) is 5.75 Å². The highest BCUT2D eigenvalue weighted by molar-refractivity contribution is 7.80. The Hall–Kier alpha value is -1.38. The summed E-state index contributed by atoms with van der Waals surface area (Å²) >= 11 is 4.61. The molecule has 19 heavy (non-hydrogen) atoms. The molecule has 0 fully saturated rings. The quantitative estimate of drug-likeness (QED) is 0.709. The van der Waals surface area contributed by atoms with Gasteiger partial charge in [-0.15, -0.1) is 0 Å². The predicted octanol–water partition coefficient (Wildman–Crippen LogP) is 1.07. The van der Waals surface area contributed by atoms with Crippen LogP contribution < -0.4 is 10.5 Å². The first-order valence-corrected chi connectivity index (χ1v) is 5.59. The fourth-order valence-electron chi connectivity index (χ4n) is 1.27. The number of aliphatic hydroxyl groups excluding tert-OH is 2. The molecule has 0 amide bonds. The molecule has 0 radical (unpaired) electrons. The summed E-state index contributed by atoms with van der Waals surface area (Å²) in [5, 5.41) is 17.6. The second-order valence-electron chi connectivity index (χ2n) is 3.72. The van der Waals surface area contributed by atoms with Crippen LogP contribution in [0.3, 0.4) is 0 Å². The monoisotopic (exact) mass is 295 g/mol. The predicted molar refractivity (Wildman–Crippen MR) is 65.9 cm³/mol. The number of halogens is 3. The van der Waals surface area contributed by atoms with Gasteiger partial charge in [-0.3, -0.25) is 0 Å². The van der Waals surface area contributed by atoms with E-state index in [2.05, 4.69) is 12.2 Å². The van der Waals surface area contributed by atoms with Gasteiger partial charge in [-0.2, -0.15) is 13.2 Å². The summed E-state index contributed by atoms with van der Waals surface area (Å²) in [5.74, 6) is -0.458. The molecule has 1 aromatic rings. The molecule has 1 rings (SSSR count). The fourth-order valence-corrected chi connectivity index (χ4v) is 1.40. The van der Waals surface area contributed by atoms with Gasteiger partial charge >= 0.3 is 6.18 Å². The fraction of sp³-hybridized carbons (Fsp3) is 0.364. The van der Waals surface area contributed by atoms with E-state index in [4.69, 9.17) is 20.7 Å². The molecule has 4 nitrogen and oxygen atoms in total. The standard InChI is InChI=1S/C11H12F3NO3S/c12-11(13,14)8-3-6(10(15)19)1-2-9(8)18-5-7(17)4-16/h1-3,7,16-17H,4-5H2,(H2,15,19). The number of benzene rings is 1. The van der Waals surface area contributed by atoms with E-state index < -0.39 is 36.8 Å². The van der Waals surface area contributed by atoms with Crippen molar-refractivity contribution in [2.45, 2.75) is 12.3 Å². The van der Waals surface area contributed by atoms with Crippen molar-refractivity contribution in [1.29, 1.82) is 0 Å². The molecule has 8 heteroatoms. The Kier molecular flexibility index (Phi) is 5.10. The Bertz CT molecular complexity index is 465. The summed E-state index contributed by atoms with van der Waals surface area (Å²) in [5.41, 5.74) is 4.30. The van der Waals surface area contributed by atoms with Crippen LogP contribution in [0, 0.1) is 0 Å². The average molecular weight is 295 g/mol. The van der Waals surface area contributed by atoms with Gasteiger partial charge in [0.2, 0.25) is 0 Å². The van der Waals surface area contributed by atoms with Crippen molar-refractivity contribution in [3.05, 3.63) is 29.3 Å². The molecule has 0 aliphatic carbocycles. The Morgan fingerprint density at radius 3 is 2.53 bits per heavy atom. The Balaban J connectivity index is 3.06. The molecular formula is C11H12F3NO3S. The molecule has 1 unspecified atom stereocenters. The summed E-state index contributed by atoms with van der Waals surface area (Å²) in [6, 6.07) is 3.14. The van der Waals surface area contributed by atoms with Crippen LogP contribution in [0.5, 0.6) is 5.75 Å². The molecule has 0 aromatic heterocycles. The highest BCUT2D eigenvalue weighted by Crippen LogP contribution is 2.36. The lowest BCUT2D eigenvalue weighted by molar-refractivity contribution is -0.139. The second-order valence-corrected chi connectivity index (χ2v) is 4.16. The van der Waals surface area contributed by atoms with Gasteiger partial charge < -0.3 is 20.7 Å². The highest BCUT2D eigenvalue weighted by Gasteiger charge is 2.35. The maximum absolute atomic E-state index is 12.8. The summed E-state index contributed by atoms with van der Waals surface area (Å²) in [4.78, 5) is -0.160. The van der Waals surface area contributed by atoms with Gasteiger partial charge in [-0.1, -0.05) is 12.2 Å². The number of thiocarbonyl (C=S) groups is 1. The molecule has 0 heterocycles. The average Bonchev–Trinajstić information content (AvgIpc) is 2.34. The molecule has 0 aliphatic heterocycles. The van der Waals surface area contributed by atoms with Crippen LogP contribution >= 0.6 is 12.2 Å². The smallest absolute Gasteiger partial charge is 0.419 e. The van der Waals surface area contributed by atoms with E-state index in [-0.39, 0.29) is 10.6 Å². The van der Waals surface area contributed by atoms with E-state index in [0.717, 1.165) is 12.1 Å². The summed E-state index contributed by atoms with van der Waals surface area (Å²) in [6.07, 6.45) is -5.89. The number of nitrogens with two attached hydrogens (primary N) is 1. The Morgan fingerprint density at radius 1 is 1.42 bits per heavy atom. The molecule has 0 saturated carbocycles. The number of hydrogen-bond donors (Lipinski definition) is 3. The van der Waals surface area contributed by atoms with E-state index in [1.807, 2.05) is 0 Å². The van der Waals surface area contributed by atoms with Crippen molar-refractivity contribution in [3.63, 3.8) is 0 Å². The van der Waals surface area contributed by atoms with Crippen molar-refractivity contribution in [1.82, 2.24) is 0 Å². The molecule has 0 bridgehead atoms. The number of ether oxygens (including phenoxy) is 1. The summed E-state index contributed by atoms with van der Waals surface area (Å²) in [6.45, 7) is -1.06. The first kappa shape index (κ1) is 15.7. The lowest BCUT2D eigenvalue weighted by Crippen LogP contribution is -2.22. The van der Waals surface area contributed by atoms with E-state index in [0.29, 0.717) is 0 Å². The molecule has 0 spiro atoms. The molecule has 1 atom stereocenters. The van der Waals surface area contributed by atoms with Gasteiger partial charge in [0.1, 0.15) is 23.4 Å².